The number of carbonyl (C=O) groups excluding carboxylic acids is 2. The molecule has 0 bridgehead atoms. The fourth-order valence-corrected chi connectivity index (χ4v) is 3.06. The van der Waals surface area contributed by atoms with E-state index in [9.17, 15) is 18.4 Å². The summed E-state index contributed by atoms with van der Waals surface area (Å²) >= 11 is 0. The number of halogens is 2. The molecule has 146 valence electrons. The Labute approximate surface area is 152 Å². The Morgan fingerprint density at radius 2 is 2.08 bits per heavy atom. The van der Waals surface area contributed by atoms with Gasteiger partial charge in [-0.15, -0.1) is 0 Å². The summed E-state index contributed by atoms with van der Waals surface area (Å²) < 4.78 is 26.3. The van der Waals surface area contributed by atoms with Crippen molar-refractivity contribution in [2.45, 2.75) is 64.1 Å². The summed E-state index contributed by atoms with van der Waals surface area (Å²) in [6.45, 7) is -2.27. The van der Waals surface area contributed by atoms with Crippen LogP contribution in [0.1, 0.15) is 57.3 Å². The van der Waals surface area contributed by atoms with Gasteiger partial charge in [-0.3, -0.25) is 9.36 Å². The highest BCUT2D eigenvalue weighted by Gasteiger charge is 2.17. The molecule has 7 nitrogen and oxygen atoms in total. The number of urea groups is 1. The highest BCUT2D eigenvalue weighted by atomic mass is 19.3. The van der Waals surface area contributed by atoms with Crippen molar-refractivity contribution in [1.82, 2.24) is 25.1 Å². The average Bonchev–Trinajstić information content (AvgIpc) is 3.07. The zero-order valence-electron chi connectivity index (χ0n) is 15.1. The Bertz CT molecular complexity index is 587. The maximum Gasteiger partial charge on any atom is 0.319 e. The topological polar surface area (TPSA) is 79.3 Å². The minimum absolute atomic E-state index is 0.0196. The van der Waals surface area contributed by atoms with E-state index in [-0.39, 0.29) is 36.8 Å². The maximum absolute atomic E-state index is 12.8. The van der Waals surface area contributed by atoms with Crippen LogP contribution in [0.25, 0.3) is 0 Å². The first kappa shape index (κ1) is 20.1. The van der Waals surface area contributed by atoms with Crippen LogP contribution in [0, 0.1) is 0 Å². The lowest BCUT2D eigenvalue weighted by Crippen LogP contribution is -2.43. The van der Waals surface area contributed by atoms with E-state index in [1.807, 2.05) is 0 Å². The summed E-state index contributed by atoms with van der Waals surface area (Å²) in [5.74, 6) is -0.0378. The zero-order chi connectivity index (χ0) is 18.9. The van der Waals surface area contributed by atoms with Crippen LogP contribution in [0.15, 0.2) is 12.4 Å². The Balaban J connectivity index is 1.63. The number of nitrogens with zero attached hydrogens (tertiary/aromatic N) is 3. The van der Waals surface area contributed by atoms with E-state index < -0.39 is 6.55 Å². The second-order valence-corrected chi connectivity index (χ2v) is 6.62. The normalized spacial score (nSPS) is 15.1. The highest BCUT2D eigenvalue weighted by Crippen LogP contribution is 2.17. The zero-order valence-corrected chi connectivity index (χ0v) is 15.1. The second-order valence-electron chi connectivity index (χ2n) is 6.62. The third-order valence-corrected chi connectivity index (χ3v) is 4.56. The van der Waals surface area contributed by atoms with Gasteiger partial charge in [0.1, 0.15) is 5.82 Å². The van der Waals surface area contributed by atoms with Gasteiger partial charge in [0.2, 0.25) is 5.91 Å². The molecule has 1 aliphatic rings. The van der Waals surface area contributed by atoms with Crippen molar-refractivity contribution in [2.24, 2.45) is 0 Å². The van der Waals surface area contributed by atoms with Crippen LogP contribution in [-0.4, -0.2) is 46.0 Å². The van der Waals surface area contributed by atoms with Crippen molar-refractivity contribution in [3.8, 4) is 0 Å². The Morgan fingerprint density at radius 3 is 2.77 bits per heavy atom. The molecule has 3 amide bonds. The molecule has 2 rings (SSSR count). The van der Waals surface area contributed by atoms with E-state index in [1.165, 1.54) is 23.7 Å². The lowest BCUT2D eigenvalue weighted by atomic mass is 9.96. The van der Waals surface area contributed by atoms with Crippen LogP contribution in [-0.2, 0) is 11.3 Å². The molecule has 1 aromatic heterocycles. The van der Waals surface area contributed by atoms with Crippen molar-refractivity contribution in [3.05, 3.63) is 18.2 Å². The Hall–Kier alpha value is -2.19. The quantitative estimate of drug-likeness (QED) is 0.690. The lowest BCUT2D eigenvalue weighted by molar-refractivity contribution is -0.130. The van der Waals surface area contributed by atoms with Crippen molar-refractivity contribution >= 4 is 11.9 Å². The third-order valence-electron chi connectivity index (χ3n) is 4.56. The van der Waals surface area contributed by atoms with Crippen molar-refractivity contribution in [2.75, 3.05) is 13.6 Å². The number of rotatable bonds is 8. The number of alkyl halides is 2. The first-order chi connectivity index (χ1) is 12.5. The number of hydrogen-bond donors (Lipinski definition) is 2. The number of nitrogens with one attached hydrogen (secondary N) is 2. The van der Waals surface area contributed by atoms with E-state index in [1.54, 1.807) is 7.05 Å². The summed E-state index contributed by atoms with van der Waals surface area (Å²) in [4.78, 5) is 29.1. The van der Waals surface area contributed by atoms with E-state index in [2.05, 4.69) is 15.6 Å². The molecule has 1 fully saturated rings. The molecule has 0 aliphatic heterocycles. The predicted molar refractivity (Wildman–Crippen MR) is 92.6 cm³/mol. The van der Waals surface area contributed by atoms with Gasteiger partial charge in [-0.1, -0.05) is 19.3 Å². The van der Waals surface area contributed by atoms with Gasteiger partial charge in [-0.05, 0) is 19.3 Å². The number of aromatic nitrogens is 2. The lowest BCUT2D eigenvalue weighted by Gasteiger charge is -2.23. The summed E-state index contributed by atoms with van der Waals surface area (Å²) in [6.07, 6.45) is 8.76. The molecule has 2 N–H and O–H groups in total. The van der Waals surface area contributed by atoms with Crippen molar-refractivity contribution < 1.29 is 18.4 Å². The minimum atomic E-state index is -2.68. The smallest absolute Gasteiger partial charge is 0.319 e. The summed E-state index contributed by atoms with van der Waals surface area (Å²) in [6, 6.07) is 0.0479. The fourth-order valence-electron chi connectivity index (χ4n) is 3.06. The molecule has 0 atom stereocenters. The first-order valence-corrected chi connectivity index (χ1v) is 9.05. The SMILES string of the molecule is CN(Cc1nccn1C(F)F)C(=O)CCCNC(=O)NC1CCCCC1. The van der Waals surface area contributed by atoms with Gasteiger partial charge in [-0.2, -0.15) is 8.78 Å². The predicted octanol–water partition coefficient (Wildman–Crippen LogP) is 2.65. The van der Waals surface area contributed by atoms with Crippen LogP contribution in [0.3, 0.4) is 0 Å². The van der Waals surface area contributed by atoms with Crippen LogP contribution in [0.4, 0.5) is 13.6 Å². The van der Waals surface area contributed by atoms with Crippen LogP contribution in [0.2, 0.25) is 0 Å². The molecule has 1 saturated carbocycles. The van der Waals surface area contributed by atoms with Crippen molar-refractivity contribution in [3.63, 3.8) is 0 Å². The minimum Gasteiger partial charge on any atom is -0.338 e. The van der Waals surface area contributed by atoms with Gasteiger partial charge in [0.15, 0.2) is 0 Å². The second kappa shape index (κ2) is 10.1. The number of imidazole rings is 1. The van der Waals surface area contributed by atoms with Gasteiger partial charge in [-0.25, -0.2) is 9.78 Å². The summed E-state index contributed by atoms with van der Waals surface area (Å²) in [7, 11) is 1.55. The Kier molecular flexibility index (Phi) is 7.80. The molecule has 0 unspecified atom stereocenters. The summed E-state index contributed by atoms with van der Waals surface area (Å²) in [5.41, 5.74) is 0. The van der Waals surface area contributed by atoms with Gasteiger partial charge < -0.3 is 15.5 Å². The number of carbonyl (C=O) groups is 2. The molecule has 0 aromatic carbocycles. The van der Waals surface area contributed by atoms with Gasteiger partial charge >= 0.3 is 12.6 Å². The molecule has 26 heavy (non-hydrogen) atoms. The maximum atomic E-state index is 12.8. The first-order valence-electron chi connectivity index (χ1n) is 9.05. The van der Waals surface area contributed by atoms with Gasteiger partial charge in [0.25, 0.3) is 0 Å². The standard InChI is InChI=1S/C17H27F2N5O2/c1-23(12-14-20-10-11-24(14)16(18)19)15(25)8-5-9-21-17(26)22-13-6-3-2-4-7-13/h10-11,13,16H,2-9,12H2,1H3,(H2,21,22,26). The summed E-state index contributed by atoms with van der Waals surface area (Å²) in [5, 5.41) is 5.71. The highest BCUT2D eigenvalue weighted by molar-refractivity contribution is 5.76. The van der Waals surface area contributed by atoms with E-state index in [0.717, 1.165) is 30.3 Å². The van der Waals surface area contributed by atoms with E-state index in [4.69, 9.17) is 0 Å². The molecule has 0 spiro atoms. The van der Waals surface area contributed by atoms with Gasteiger partial charge in [0, 0.05) is 38.4 Å². The fraction of sp³-hybridized carbons (Fsp3) is 0.706. The molecular weight excluding hydrogens is 344 g/mol. The molecule has 9 heteroatoms. The molecule has 0 radical (unpaired) electrons. The van der Waals surface area contributed by atoms with E-state index in [0.29, 0.717) is 13.0 Å². The molecular formula is C17H27F2N5O2. The van der Waals surface area contributed by atoms with Crippen molar-refractivity contribution in [1.29, 1.82) is 0 Å². The molecule has 1 aromatic rings. The molecule has 1 heterocycles. The van der Waals surface area contributed by atoms with Gasteiger partial charge in [0.05, 0.1) is 6.54 Å². The average molecular weight is 371 g/mol. The van der Waals surface area contributed by atoms with Crippen LogP contribution in [0.5, 0.6) is 0 Å². The van der Waals surface area contributed by atoms with E-state index >= 15 is 0 Å². The number of amides is 3. The third kappa shape index (κ3) is 6.27. The molecule has 0 saturated heterocycles. The monoisotopic (exact) mass is 371 g/mol. The Morgan fingerprint density at radius 1 is 1.35 bits per heavy atom. The van der Waals surface area contributed by atoms with Crippen LogP contribution < -0.4 is 10.6 Å². The molecule has 1 aliphatic carbocycles. The van der Waals surface area contributed by atoms with Crippen LogP contribution >= 0.6 is 0 Å². The number of hydrogen-bond acceptors (Lipinski definition) is 3. The largest absolute Gasteiger partial charge is 0.338 e.